The summed E-state index contributed by atoms with van der Waals surface area (Å²) < 4.78 is 33.1. The largest absolute Gasteiger partial charge is 0.496 e. The third-order valence-electron chi connectivity index (χ3n) is 2.44. The molecule has 0 fully saturated rings. The Kier molecular flexibility index (Phi) is 3.08. The summed E-state index contributed by atoms with van der Waals surface area (Å²) in [6.45, 7) is 1.32. The van der Waals surface area contributed by atoms with Gasteiger partial charge in [-0.1, -0.05) is 0 Å². The van der Waals surface area contributed by atoms with Gasteiger partial charge in [-0.2, -0.15) is 0 Å². The van der Waals surface area contributed by atoms with Gasteiger partial charge in [-0.15, -0.1) is 0 Å². The standard InChI is InChI=1S/C11H9ClO5S/c1-6(13)9-5-7-8(16-2)3-4-10(11(7)17-9)18(12,14)15/h3-5H,1-2H3. The number of ketones is 1. The maximum atomic E-state index is 11.4. The second kappa shape index (κ2) is 4.29. The van der Waals surface area contributed by atoms with Gasteiger partial charge in [-0.3, -0.25) is 4.79 Å². The maximum absolute atomic E-state index is 11.4. The predicted octanol–water partition coefficient (Wildman–Crippen LogP) is 2.57. The van der Waals surface area contributed by atoms with E-state index in [9.17, 15) is 13.2 Å². The highest BCUT2D eigenvalue weighted by molar-refractivity contribution is 8.13. The molecule has 0 saturated heterocycles. The first kappa shape index (κ1) is 12.9. The zero-order valence-corrected chi connectivity index (χ0v) is 11.1. The first-order valence-electron chi connectivity index (χ1n) is 4.90. The van der Waals surface area contributed by atoms with E-state index >= 15 is 0 Å². The number of hydrogen-bond acceptors (Lipinski definition) is 5. The number of fused-ring (bicyclic) bond motifs is 1. The van der Waals surface area contributed by atoms with Gasteiger partial charge >= 0.3 is 0 Å². The van der Waals surface area contributed by atoms with Crippen molar-refractivity contribution in [3.8, 4) is 5.75 Å². The first-order valence-corrected chi connectivity index (χ1v) is 7.21. The molecule has 0 atom stereocenters. The molecule has 0 unspecified atom stereocenters. The summed E-state index contributed by atoms with van der Waals surface area (Å²) >= 11 is 0. The minimum absolute atomic E-state index is 0.0227. The summed E-state index contributed by atoms with van der Waals surface area (Å²) in [5.74, 6) is 0.146. The Balaban J connectivity index is 2.89. The van der Waals surface area contributed by atoms with Crippen LogP contribution >= 0.6 is 10.7 Å². The lowest BCUT2D eigenvalue weighted by Crippen LogP contribution is -1.92. The Bertz CT molecular complexity index is 729. The lowest BCUT2D eigenvalue weighted by molar-refractivity contribution is 0.0989. The van der Waals surface area contributed by atoms with Crippen LogP contribution in [0.2, 0.25) is 0 Å². The molecular formula is C11H9ClO5S. The first-order chi connectivity index (χ1) is 8.34. The van der Waals surface area contributed by atoms with Crippen LogP contribution in [0.4, 0.5) is 0 Å². The summed E-state index contributed by atoms with van der Waals surface area (Å²) in [6.07, 6.45) is 0. The zero-order chi connectivity index (χ0) is 13.5. The third-order valence-corrected chi connectivity index (χ3v) is 3.78. The number of benzene rings is 1. The van der Waals surface area contributed by atoms with Crippen molar-refractivity contribution in [3.63, 3.8) is 0 Å². The molecule has 0 spiro atoms. The number of carbonyl (C=O) groups is 1. The molecule has 1 aromatic heterocycles. The molecule has 2 rings (SSSR count). The Hall–Kier alpha value is -1.53. The zero-order valence-electron chi connectivity index (χ0n) is 9.56. The highest BCUT2D eigenvalue weighted by Crippen LogP contribution is 2.35. The summed E-state index contributed by atoms with van der Waals surface area (Å²) in [5.41, 5.74) is 0.0227. The van der Waals surface area contributed by atoms with Crippen LogP contribution in [0, 0.1) is 0 Å². The molecule has 0 radical (unpaired) electrons. The molecule has 1 aromatic carbocycles. The van der Waals surface area contributed by atoms with Crippen molar-refractivity contribution in [2.24, 2.45) is 0 Å². The van der Waals surface area contributed by atoms with Gasteiger partial charge in [0, 0.05) is 17.6 Å². The van der Waals surface area contributed by atoms with Crippen molar-refractivity contribution in [3.05, 3.63) is 24.0 Å². The van der Waals surface area contributed by atoms with Crippen LogP contribution in [-0.4, -0.2) is 21.3 Å². The van der Waals surface area contributed by atoms with E-state index in [0.717, 1.165) is 0 Å². The molecule has 1 heterocycles. The van der Waals surface area contributed by atoms with Crippen LogP contribution in [0.25, 0.3) is 11.0 Å². The van der Waals surface area contributed by atoms with Gasteiger partial charge in [0.1, 0.15) is 10.6 Å². The predicted molar refractivity (Wildman–Crippen MR) is 65.8 cm³/mol. The van der Waals surface area contributed by atoms with Crippen molar-refractivity contribution < 1.29 is 22.4 Å². The summed E-state index contributed by atoms with van der Waals surface area (Å²) in [5, 5.41) is 0.393. The number of ether oxygens (including phenoxy) is 1. The average Bonchev–Trinajstić information content (AvgIpc) is 2.70. The van der Waals surface area contributed by atoms with E-state index in [4.69, 9.17) is 19.8 Å². The van der Waals surface area contributed by atoms with Crippen LogP contribution < -0.4 is 4.74 Å². The molecule has 0 bridgehead atoms. The molecular weight excluding hydrogens is 280 g/mol. The molecule has 96 valence electrons. The van der Waals surface area contributed by atoms with Crippen LogP contribution in [0.5, 0.6) is 5.75 Å². The molecule has 5 nitrogen and oxygen atoms in total. The number of rotatable bonds is 3. The smallest absolute Gasteiger partial charge is 0.265 e. The van der Waals surface area contributed by atoms with Crippen LogP contribution in [0.3, 0.4) is 0 Å². The molecule has 7 heteroatoms. The van der Waals surface area contributed by atoms with E-state index in [1.165, 1.54) is 32.2 Å². The summed E-state index contributed by atoms with van der Waals surface area (Å²) in [4.78, 5) is 11.1. The van der Waals surface area contributed by atoms with Gasteiger partial charge in [0.05, 0.1) is 12.5 Å². The van der Waals surface area contributed by atoms with Crippen LogP contribution in [0.1, 0.15) is 17.5 Å². The van der Waals surface area contributed by atoms with E-state index in [-0.39, 0.29) is 22.0 Å². The van der Waals surface area contributed by atoms with Gasteiger partial charge in [-0.05, 0) is 18.2 Å². The fraction of sp³-hybridized carbons (Fsp3) is 0.182. The van der Waals surface area contributed by atoms with Crippen molar-refractivity contribution in [2.75, 3.05) is 7.11 Å². The number of Topliss-reactive ketones (excluding diaryl/α,β-unsaturated/α-hetero) is 1. The highest BCUT2D eigenvalue weighted by Gasteiger charge is 2.21. The van der Waals surface area contributed by atoms with E-state index in [1.807, 2.05) is 0 Å². The van der Waals surface area contributed by atoms with E-state index in [0.29, 0.717) is 11.1 Å². The molecule has 0 saturated carbocycles. The van der Waals surface area contributed by atoms with Gasteiger partial charge < -0.3 is 9.15 Å². The summed E-state index contributed by atoms with van der Waals surface area (Å²) in [7, 11) is 2.79. The Morgan fingerprint density at radius 2 is 2.06 bits per heavy atom. The quantitative estimate of drug-likeness (QED) is 0.641. The van der Waals surface area contributed by atoms with E-state index in [2.05, 4.69) is 0 Å². The van der Waals surface area contributed by atoms with Gasteiger partial charge in [0.15, 0.2) is 17.1 Å². The van der Waals surface area contributed by atoms with Crippen molar-refractivity contribution in [1.82, 2.24) is 0 Å². The van der Waals surface area contributed by atoms with Crippen molar-refractivity contribution >= 4 is 36.5 Å². The average molecular weight is 289 g/mol. The molecule has 0 amide bonds. The monoisotopic (exact) mass is 288 g/mol. The number of carbonyl (C=O) groups excluding carboxylic acids is 1. The molecule has 0 aliphatic heterocycles. The minimum Gasteiger partial charge on any atom is -0.496 e. The van der Waals surface area contributed by atoms with Crippen LogP contribution in [0.15, 0.2) is 27.5 Å². The third kappa shape index (κ3) is 2.09. The normalized spacial score (nSPS) is 11.7. The molecule has 0 N–H and O–H groups in total. The summed E-state index contributed by atoms with van der Waals surface area (Å²) in [6, 6.07) is 4.16. The van der Waals surface area contributed by atoms with Gasteiger partial charge in [0.25, 0.3) is 9.05 Å². The van der Waals surface area contributed by atoms with Crippen molar-refractivity contribution in [2.45, 2.75) is 11.8 Å². The Labute approximate surface area is 108 Å². The van der Waals surface area contributed by atoms with Gasteiger partial charge in [0.2, 0.25) is 0 Å². The maximum Gasteiger partial charge on any atom is 0.265 e. The number of furan rings is 1. The SMILES string of the molecule is COc1ccc(S(=O)(=O)Cl)c2oc(C(C)=O)cc12. The number of hydrogen-bond donors (Lipinski definition) is 0. The fourth-order valence-corrected chi connectivity index (χ4v) is 2.59. The van der Waals surface area contributed by atoms with Crippen LogP contribution in [-0.2, 0) is 9.05 Å². The highest BCUT2D eigenvalue weighted by atomic mass is 35.7. The molecule has 2 aromatic rings. The topological polar surface area (TPSA) is 73.6 Å². The second-order valence-corrected chi connectivity index (χ2v) is 6.15. The second-order valence-electron chi connectivity index (χ2n) is 3.61. The van der Waals surface area contributed by atoms with Crippen molar-refractivity contribution in [1.29, 1.82) is 0 Å². The number of halogens is 1. The van der Waals surface area contributed by atoms with Gasteiger partial charge in [-0.25, -0.2) is 8.42 Å². The Morgan fingerprint density at radius 1 is 1.39 bits per heavy atom. The molecule has 18 heavy (non-hydrogen) atoms. The minimum atomic E-state index is -3.96. The fourth-order valence-electron chi connectivity index (χ4n) is 1.62. The van der Waals surface area contributed by atoms with E-state index in [1.54, 1.807) is 0 Å². The lowest BCUT2D eigenvalue weighted by Gasteiger charge is -2.02. The molecule has 0 aliphatic rings. The Morgan fingerprint density at radius 3 is 2.56 bits per heavy atom. The number of methoxy groups -OCH3 is 1. The lowest BCUT2D eigenvalue weighted by atomic mass is 10.2. The van der Waals surface area contributed by atoms with E-state index < -0.39 is 9.05 Å². The molecule has 0 aliphatic carbocycles.